The standard InChI is InChI=1S/C14H16F6N2O3/c1-2-25-11(24)22-12(13(15,16)17,14(18,19)20)21-8-10(23)9-6-4-3-5-7-9/h3-7,10,21,23H,2,8H2,1H3,(H,22,24)/p+1/t10-/m1/s1. The van der Waals surface area contributed by atoms with Gasteiger partial charge < -0.3 is 15.2 Å². The van der Waals surface area contributed by atoms with Gasteiger partial charge in [0.1, 0.15) is 12.6 Å². The fourth-order valence-corrected chi connectivity index (χ4v) is 2.01. The maximum Gasteiger partial charge on any atom is 0.475 e. The SMILES string of the molecule is CCOC(=O)NC([NH2+]C[C@@H](O)c1ccccc1)(C(F)(F)F)C(F)(F)F. The number of nitrogens with one attached hydrogen (secondary N) is 1. The van der Waals surface area contributed by atoms with Crippen LogP contribution < -0.4 is 10.6 Å². The van der Waals surface area contributed by atoms with Gasteiger partial charge in [0.05, 0.1) is 6.61 Å². The highest BCUT2D eigenvalue weighted by molar-refractivity contribution is 5.68. The molecule has 1 amide bonds. The van der Waals surface area contributed by atoms with Crippen molar-refractivity contribution in [2.75, 3.05) is 13.2 Å². The van der Waals surface area contributed by atoms with E-state index in [0.717, 1.165) is 5.32 Å². The predicted octanol–water partition coefficient (Wildman–Crippen LogP) is 1.85. The second kappa shape index (κ2) is 7.91. The first-order chi connectivity index (χ1) is 11.4. The Morgan fingerprint density at radius 2 is 1.68 bits per heavy atom. The summed E-state index contributed by atoms with van der Waals surface area (Å²) >= 11 is 0. The highest BCUT2D eigenvalue weighted by Crippen LogP contribution is 2.38. The molecule has 1 aromatic carbocycles. The van der Waals surface area contributed by atoms with Crippen molar-refractivity contribution < 1.29 is 46.3 Å². The Hall–Kier alpha value is -2.01. The molecule has 0 saturated carbocycles. The second-order valence-corrected chi connectivity index (χ2v) is 5.02. The van der Waals surface area contributed by atoms with E-state index in [1.807, 2.05) is 0 Å². The first-order valence-electron chi connectivity index (χ1n) is 7.10. The first kappa shape index (κ1) is 21.0. The van der Waals surface area contributed by atoms with Crippen LogP contribution in [0.5, 0.6) is 0 Å². The maximum absolute atomic E-state index is 13.2. The minimum atomic E-state index is -5.89. The molecule has 0 saturated heterocycles. The smallest absolute Gasteiger partial charge is 0.450 e. The molecule has 4 N–H and O–H groups in total. The van der Waals surface area contributed by atoms with Crippen LogP contribution >= 0.6 is 0 Å². The number of hydrogen-bond donors (Lipinski definition) is 3. The summed E-state index contributed by atoms with van der Waals surface area (Å²) in [6, 6.07) is 7.20. The molecule has 0 aliphatic heterocycles. The number of carbonyl (C=O) groups is 1. The molecule has 0 fully saturated rings. The van der Waals surface area contributed by atoms with Gasteiger partial charge in [0.25, 0.3) is 0 Å². The third kappa shape index (κ3) is 4.98. The minimum absolute atomic E-state index is 0.133. The monoisotopic (exact) mass is 375 g/mol. The maximum atomic E-state index is 13.2. The van der Waals surface area contributed by atoms with Crippen LogP contribution in [0.1, 0.15) is 18.6 Å². The molecule has 1 atom stereocenters. The van der Waals surface area contributed by atoms with E-state index in [2.05, 4.69) is 4.74 Å². The Morgan fingerprint density at radius 3 is 2.12 bits per heavy atom. The molecule has 0 aliphatic carbocycles. The molecular formula is C14H17F6N2O3+. The fourth-order valence-electron chi connectivity index (χ4n) is 2.01. The number of halogens is 6. The average Bonchev–Trinajstić information content (AvgIpc) is 2.49. The molecule has 0 unspecified atom stereocenters. The van der Waals surface area contributed by atoms with E-state index in [4.69, 9.17) is 0 Å². The van der Waals surface area contributed by atoms with E-state index in [0.29, 0.717) is 0 Å². The number of quaternary nitrogens is 1. The molecule has 142 valence electrons. The largest absolute Gasteiger partial charge is 0.475 e. The molecule has 25 heavy (non-hydrogen) atoms. The molecule has 0 spiro atoms. The summed E-state index contributed by atoms with van der Waals surface area (Å²) in [4.78, 5) is 11.3. The van der Waals surface area contributed by atoms with E-state index in [-0.39, 0.29) is 10.9 Å². The number of carbonyl (C=O) groups excluding carboxylic acids is 1. The van der Waals surface area contributed by atoms with Crippen molar-refractivity contribution >= 4 is 6.09 Å². The Labute approximate surface area is 139 Å². The van der Waals surface area contributed by atoms with Crippen LogP contribution in [0, 0.1) is 0 Å². The van der Waals surface area contributed by atoms with E-state index in [9.17, 15) is 36.2 Å². The van der Waals surface area contributed by atoms with Crippen molar-refractivity contribution in [2.45, 2.75) is 31.0 Å². The van der Waals surface area contributed by atoms with Crippen LogP contribution in [0.15, 0.2) is 30.3 Å². The van der Waals surface area contributed by atoms with Crippen molar-refractivity contribution in [1.29, 1.82) is 0 Å². The quantitative estimate of drug-likeness (QED) is 0.525. The van der Waals surface area contributed by atoms with Gasteiger partial charge in [-0.2, -0.15) is 26.3 Å². The van der Waals surface area contributed by atoms with Crippen LogP contribution in [-0.4, -0.2) is 42.4 Å². The number of benzene rings is 1. The normalized spacial score (nSPS) is 14.1. The fraction of sp³-hybridized carbons (Fsp3) is 0.500. The minimum Gasteiger partial charge on any atom is -0.450 e. The van der Waals surface area contributed by atoms with Gasteiger partial charge in [0.2, 0.25) is 0 Å². The van der Waals surface area contributed by atoms with Crippen LogP contribution in [0.25, 0.3) is 0 Å². The zero-order chi connectivity index (χ0) is 19.3. The third-order valence-electron chi connectivity index (χ3n) is 3.30. The first-order valence-corrected chi connectivity index (χ1v) is 7.10. The van der Waals surface area contributed by atoms with Gasteiger partial charge in [0.15, 0.2) is 0 Å². The number of nitrogens with two attached hydrogens (primary N) is 1. The summed E-state index contributed by atoms with van der Waals surface area (Å²) in [5.41, 5.74) is -4.52. The van der Waals surface area contributed by atoms with Gasteiger partial charge >= 0.3 is 24.1 Å². The number of alkyl halides is 6. The van der Waals surface area contributed by atoms with E-state index in [1.165, 1.54) is 31.2 Å². The van der Waals surface area contributed by atoms with Gasteiger partial charge in [0, 0.05) is 0 Å². The van der Waals surface area contributed by atoms with Crippen molar-refractivity contribution in [3.8, 4) is 0 Å². The Bertz CT molecular complexity index is 548. The molecule has 0 radical (unpaired) electrons. The molecular weight excluding hydrogens is 358 g/mol. The summed E-state index contributed by atoms with van der Waals surface area (Å²) in [7, 11) is 0. The van der Waals surface area contributed by atoms with Gasteiger partial charge in [-0.15, -0.1) is 0 Å². The van der Waals surface area contributed by atoms with Gasteiger partial charge in [-0.1, -0.05) is 30.3 Å². The number of ether oxygens (including phenoxy) is 1. The lowest BCUT2D eigenvalue weighted by atomic mass is 10.1. The molecule has 0 heterocycles. The molecule has 0 aliphatic rings. The van der Waals surface area contributed by atoms with Crippen LogP contribution in [0.3, 0.4) is 0 Å². The Morgan fingerprint density at radius 1 is 1.16 bits per heavy atom. The van der Waals surface area contributed by atoms with Crippen molar-refractivity contribution in [3.63, 3.8) is 0 Å². The summed E-state index contributed by atoms with van der Waals surface area (Å²) in [5.74, 6) is 0. The van der Waals surface area contributed by atoms with E-state index < -0.39 is 43.4 Å². The van der Waals surface area contributed by atoms with Crippen LogP contribution in [-0.2, 0) is 4.74 Å². The number of rotatable bonds is 6. The number of hydrogen-bond acceptors (Lipinski definition) is 3. The third-order valence-corrected chi connectivity index (χ3v) is 3.30. The zero-order valence-corrected chi connectivity index (χ0v) is 13.0. The number of aliphatic hydroxyl groups is 1. The topological polar surface area (TPSA) is 75.2 Å². The Balaban J connectivity index is 3.10. The lowest BCUT2D eigenvalue weighted by Gasteiger charge is -2.35. The van der Waals surface area contributed by atoms with Gasteiger partial charge in [-0.25, -0.2) is 4.79 Å². The predicted molar refractivity (Wildman–Crippen MR) is 73.2 cm³/mol. The lowest BCUT2D eigenvalue weighted by Crippen LogP contribution is -3.08. The van der Waals surface area contributed by atoms with E-state index >= 15 is 0 Å². The average molecular weight is 375 g/mol. The molecule has 11 heteroatoms. The highest BCUT2D eigenvalue weighted by atomic mass is 19.4. The molecule has 1 aromatic rings. The summed E-state index contributed by atoms with van der Waals surface area (Å²) in [5, 5.41) is 10.5. The van der Waals surface area contributed by atoms with Crippen molar-refractivity contribution in [3.05, 3.63) is 35.9 Å². The van der Waals surface area contributed by atoms with Gasteiger partial charge in [-0.3, -0.25) is 5.32 Å². The van der Waals surface area contributed by atoms with E-state index in [1.54, 1.807) is 6.07 Å². The molecule has 1 rings (SSSR count). The van der Waals surface area contributed by atoms with Gasteiger partial charge in [-0.05, 0) is 12.5 Å². The highest BCUT2D eigenvalue weighted by Gasteiger charge is 2.76. The lowest BCUT2D eigenvalue weighted by molar-refractivity contribution is -0.788. The molecule has 0 aromatic heterocycles. The second-order valence-electron chi connectivity index (χ2n) is 5.02. The van der Waals surface area contributed by atoms with Crippen LogP contribution in [0.2, 0.25) is 0 Å². The van der Waals surface area contributed by atoms with Crippen LogP contribution in [0.4, 0.5) is 31.1 Å². The summed E-state index contributed by atoms with van der Waals surface area (Å²) in [6.45, 7) is -0.189. The van der Waals surface area contributed by atoms with Crippen molar-refractivity contribution in [1.82, 2.24) is 5.32 Å². The zero-order valence-electron chi connectivity index (χ0n) is 13.0. The summed E-state index contributed by atoms with van der Waals surface area (Å²) < 4.78 is 83.5. The Kier molecular flexibility index (Phi) is 6.66. The summed E-state index contributed by atoms with van der Waals surface area (Å²) in [6.07, 6.45) is -15.3. The number of aliphatic hydroxyl groups excluding tert-OH is 1. The number of alkyl carbamates (subject to hydrolysis) is 1. The molecule has 0 bridgehead atoms. The number of amides is 1. The molecule has 5 nitrogen and oxygen atoms in total. The van der Waals surface area contributed by atoms with Crippen molar-refractivity contribution in [2.24, 2.45) is 0 Å².